The highest BCUT2D eigenvalue weighted by molar-refractivity contribution is 5.83. The van der Waals surface area contributed by atoms with Crippen molar-refractivity contribution in [3.05, 3.63) is 29.3 Å². The molecule has 0 atom stereocenters. The molecule has 1 aromatic rings. The molecular weight excluding hydrogens is 173 g/mol. The van der Waals surface area contributed by atoms with E-state index in [1.54, 1.807) is 6.07 Å². The second-order valence-corrected chi connectivity index (χ2v) is 2.75. The van der Waals surface area contributed by atoms with Crippen molar-refractivity contribution in [2.75, 3.05) is 5.32 Å². The van der Waals surface area contributed by atoms with Gasteiger partial charge in [-0.1, -0.05) is 17.7 Å². The van der Waals surface area contributed by atoms with Crippen molar-refractivity contribution in [1.82, 2.24) is 0 Å². The van der Waals surface area contributed by atoms with Gasteiger partial charge in [0.25, 0.3) is 0 Å². The second kappa shape index (κ2) is 4.45. The second-order valence-electron chi connectivity index (χ2n) is 2.75. The van der Waals surface area contributed by atoms with E-state index in [9.17, 15) is 4.79 Å². The van der Waals surface area contributed by atoms with Gasteiger partial charge in [-0.25, -0.2) is 4.79 Å². The van der Waals surface area contributed by atoms with Gasteiger partial charge in [-0.15, -0.1) is 0 Å². The normalized spacial score (nSPS) is 8.77. The zero-order chi connectivity index (χ0) is 9.14. The van der Waals surface area contributed by atoms with Gasteiger partial charge in [0.15, 0.2) is 0 Å². The number of hydrogen-bond donors (Lipinski definition) is 2. The Bertz CT molecular complexity index is 312. The molecule has 0 spiro atoms. The number of amides is 1. The molecule has 3 nitrogen and oxygen atoms in total. The van der Waals surface area contributed by atoms with E-state index in [2.05, 4.69) is 5.32 Å². The minimum Gasteiger partial charge on any atom is -0.465 e. The lowest BCUT2D eigenvalue weighted by molar-refractivity contribution is 0.209. The molecule has 1 aromatic carbocycles. The quantitative estimate of drug-likeness (QED) is 0.706. The Labute approximate surface area is 75.8 Å². The fourth-order valence-corrected chi connectivity index (χ4v) is 1.07. The zero-order valence-electron chi connectivity index (χ0n) is 7.50. The largest absolute Gasteiger partial charge is 0.465 e. The maximum Gasteiger partial charge on any atom is 0.409 e. The number of carbonyl (C=O) groups is 1. The molecule has 0 bridgehead atoms. The van der Waals surface area contributed by atoms with Crippen molar-refractivity contribution < 1.29 is 14.6 Å². The lowest BCUT2D eigenvalue weighted by Crippen LogP contribution is -2.08. The predicted octanol–water partition coefficient (Wildman–Crippen LogP) is 2.55. The molecule has 1 amide bonds. The number of carboxylic acid groups (broad SMARTS) is 1. The first-order chi connectivity index (χ1) is 5.59. The van der Waals surface area contributed by atoms with E-state index in [-0.39, 0.29) is 4.70 Å². The van der Waals surface area contributed by atoms with Gasteiger partial charge >= 0.3 is 6.09 Å². The molecule has 0 heterocycles. The number of hydrogen-bond acceptors (Lipinski definition) is 1. The molecule has 0 aliphatic carbocycles. The molecular formula is C9H12FNO2. The number of benzene rings is 1. The van der Waals surface area contributed by atoms with E-state index >= 15 is 0 Å². The van der Waals surface area contributed by atoms with Crippen LogP contribution in [0, 0.1) is 13.8 Å². The smallest absolute Gasteiger partial charge is 0.409 e. The number of nitrogens with one attached hydrogen (secondary N) is 1. The topological polar surface area (TPSA) is 49.3 Å². The van der Waals surface area contributed by atoms with E-state index in [0.29, 0.717) is 5.69 Å². The van der Waals surface area contributed by atoms with E-state index in [1.807, 2.05) is 26.0 Å². The molecule has 13 heavy (non-hydrogen) atoms. The summed E-state index contributed by atoms with van der Waals surface area (Å²) in [5, 5.41) is 10.8. The summed E-state index contributed by atoms with van der Waals surface area (Å²) in [6.45, 7) is 3.84. The van der Waals surface area contributed by atoms with Crippen molar-refractivity contribution >= 4 is 11.8 Å². The highest BCUT2D eigenvalue weighted by atomic mass is 19.0. The molecule has 0 unspecified atom stereocenters. The first-order valence-corrected chi connectivity index (χ1v) is 3.67. The minimum absolute atomic E-state index is 0. The Kier molecular flexibility index (Phi) is 3.91. The van der Waals surface area contributed by atoms with E-state index in [1.165, 1.54) is 0 Å². The van der Waals surface area contributed by atoms with Gasteiger partial charge in [0.05, 0.1) is 0 Å². The van der Waals surface area contributed by atoms with Crippen LogP contribution in [-0.4, -0.2) is 11.2 Å². The van der Waals surface area contributed by atoms with Crippen molar-refractivity contribution in [2.45, 2.75) is 13.8 Å². The average molecular weight is 185 g/mol. The third-order valence-electron chi connectivity index (χ3n) is 1.62. The van der Waals surface area contributed by atoms with Gasteiger partial charge in [-0.05, 0) is 25.5 Å². The molecule has 72 valence electrons. The van der Waals surface area contributed by atoms with Crippen LogP contribution < -0.4 is 5.32 Å². The summed E-state index contributed by atoms with van der Waals surface area (Å²) in [4.78, 5) is 10.3. The molecule has 2 N–H and O–H groups in total. The summed E-state index contributed by atoms with van der Waals surface area (Å²) < 4.78 is 0. The standard InChI is InChI=1S/C9H11NO2.FH/c1-6-3-4-8(7(2)5-6)10-9(11)12;/h3-5,10H,1-2H3,(H,11,12);1H. The van der Waals surface area contributed by atoms with Gasteiger partial charge in [-0.3, -0.25) is 10.0 Å². The Balaban J connectivity index is 0.00000144. The number of anilines is 1. The summed E-state index contributed by atoms with van der Waals surface area (Å²) in [5.41, 5.74) is 2.72. The molecule has 0 aromatic heterocycles. The summed E-state index contributed by atoms with van der Waals surface area (Å²) in [7, 11) is 0. The highest BCUT2D eigenvalue weighted by Gasteiger charge is 2.00. The van der Waals surface area contributed by atoms with Crippen molar-refractivity contribution in [1.29, 1.82) is 0 Å². The molecule has 1 rings (SSSR count). The first kappa shape index (κ1) is 11.4. The van der Waals surface area contributed by atoms with Crippen LogP contribution in [-0.2, 0) is 0 Å². The maximum absolute atomic E-state index is 10.3. The van der Waals surface area contributed by atoms with Gasteiger partial charge in [0, 0.05) is 5.69 Å². The molecule has 0 fully saturated rings. The number of halogens is 1. The average Bonchev–Trinajstić information content (AvgIpc) is 1.94. The minimum atomic E-state index is -1.03. The van der Waals surface area contributed by atoms with Crippen molar-refractivity contribution in [2.24, 2.45) is 0 Å². The van der Waals surface area contributed by atoms with Crippen LogP contribution in [0.4, 0.5) is 15.2 Å². The van der Waals surface area contributed by atoms with Gasteiger partial charge in [-0.2, -0.15) is 0 Å². The van der Waals surface area contributed by atoms with Crippen LogP contribution in [0.1, 0.15) is 11.1 Å². The summed E-state index contributed by atoms with van der Waals surface area (Å²) in [6, 6.07) is 5.57. The van der Waals surface area contributed by atoms with E-state index < -0.39 is 6.09 Å². The Morgan fingerprint density at radius 1 is 1.38 bits per heavy atom. The summed E-state index contributed by atoms with van der Waals surface area (Å²) in [6.07, 6.45) is -1.03. The van der Waals surface area contributed by atoms with Gasteiger partial charge < -0.3 is 5.11 Å². The fourth-order valence-electron chi connectivity index (χ4n) is 1.07. The predicted molar refractivity (Wildman–Crippen MR) is 50.1 cm³/mol. The summed E-state index contributed by atoms with van der Waals surface area (Å²) in [5.74, 6) is 0. The van der Waals surface area contributed by atoms with Crippen molar-refractivity contribution in [3.63, 3.8) is 0 Å². The molecule has 0 radical (unpaired) electrons. The first-order valence-electron chi connectivity index (χ1n) is 3.67. The Morgan fingerprint density at radius 3 is 2.46 bits per heavy atom. The Hall–Kier alpha value is -1.58. The SMILES string of the molecule is Cc1ccc(NC(=O)O)c(C)c1.F. The molecule has 0 aliphatic heterocycles. The van der Waals surface area contributed by atoms with E-state index in [4.69, 9.17) is 5.11 Å². The van der Waals surface area contributed by atoms with Crippen molar-refractivity contribution in [3.8, 4) is 0 Å². The lowest BCUT2D eigenvalue weighted by Gasteiger charge is -2.05. The maximum atomic E-state index is 10.3. The molecule has 0 aliphatic rings. The molecule has 0 saturated carbocycles. The van der Waals surface area contributed by atoms with Gasteiger partial charge in [0.1, 0.15) is 0 Å². The zero-order valence-corrected chi connectivity index (χ0v) is 7.50. The molecule has 0 saturated heterocycles. The van der Waals surface area contributed by atoms with Crippen LogP contribution in [0.3, 0.4) is 0 Å². The van der Waals surface area contributed by atoms with Crippen LogP contribution in [0.15, 0.2) is 18.2 Å². The van der Waals surface area contributed by atoms with Crippen LogP contribution in [0.5, 0.6) is 0 Å². The fraction of sp³-hybridized carbons (Fsp3) is 0.222. The third kappa shape index (κ3) is 3.11. The highest BCUT2D eigenvalue weighted by Crippen LogP contribution is 2.15. The van der Waals surface area contributed by atoms with Crippen LogP contribution >= 0.6 is 0 Å². The monoisotopic (exact) mass is 185 g/mol. The summed E-state index contributed by atoms with van der Waals surface area (Å²) >= 11 is 0. The third-order valence-corrected chi connectivity index (χ3v) is 1.62. The van der Waals surface area contributed by atoms with Crippen LogP contribution in [0.2, 0.25) is 0 Å². The Morgan fingerprint density at radius 2 is 2.00 bits per heavy atom. The van der Waals surface area contributed by atoms with E-state index in [0.717, 1.165) is 11.1 Å². The lowest BCUT2D eigenvalue weighted by atomic mass is 10.1. The number of rotatable bonds is 1. The number of aryl methyl sites for hydroxylation is 2. The van der Waals surface area contributed by atoms with Gasteiger partial charge in [0.2, 0.25) is 0 Å². The molecule has 4 heteroatoms. The van der Waals surface area contributed by atoms with Crippen LogP contribution in [0.25, 0.3) is 0 Å².